The predicted octanol–water partition coefficient (Wildman–Crippen LogP) is 3.85. The maximum Gasteiger partial charge on any atom is 0.225 e. The number of carbonyl (C=O) groups excluding carboxylic acids is 1. The Kier molecular flexibility index (Phi) is 7.55. The van der Waals surface area contributed by atoms with Crippen LogP contribution in [0.3, 0.4) is 0 Å². The van der Waals surface area contributed by atoms with Gasteiger partial charge in [0.25, 0.3) is 0 Å². The number of hydrogen-bond donors (Lipinski definition) is 1. The average Bonchev–Trinajstić information content (AvgIpc) is 3.17. The Morgan fingerprint density at radius 3 is 2.45 bits per heavy atom. The van der Waals surface area contributed by atoms with Crippen LogP contribution in [0.2, 0.25) is 5.02 Å². The first-order valence-corrected chi connectivity index (χ1v) is 11.2. The van der Waals surface area contributed by atoms with E-state index in [2.05, 4.69) is 19.8 Å². The molecule has 156 valence electrons. The van der Waals surface area contributed by atoms with E-state index in [1.165, 1.54) is 17.8 Å². The van der Waals surface area contributed by atoms with E-state index in [0.29, 0.717) is 17.0 Å². The van der Waals surface area contributed by atoms with Crippen molar-refractivity contribution in [2.45, 2.75) is 36.6 Å². The van der Waals surface area contributed by atoms with Crippen molar-refractivity contribution in [1.29, 1.82) is 0 Å². The lowest BCUT2D eigenvalue weighted by Crippen LogP contribution is -2.45. The highest BCUT2D eigenvalue weighted by atomic mass is 35.5. The summed E-state index contributed by atoms with van der Waals surface area (Å²) in [5.41, 5.74) is 5.47. The molecule has 2 aliphatic rings. The fourth-order valence-corrected chi connectivity index (χ4v) is 4.06. The molecule has 9 heteroatoms. The van der Waals surface area contributed by atoms with E-state index in [4.69, 9.17) is 17.3 Å². The Morgan fingerprint density at radius 1 is 1.21 bits per heavy atom. The summed E-state index contributed by atoms with van der Waals surface area (Å²) >= 11 is 7.28. The second-order valence-corrected chi connectivity index (χ2v) is 8.31. The lowest BCUT2D eigenvalue weighted by Gasteiger charge is -2.36. The number of halogens is 2. The summed E-state index contributed by atoms with van der Waals surface area (Å²) in [5.74, 6) is 0.712. The van der Waals surface area contributed by atoms with Gasteiger partial charge in [0.15, 0.2) is 0 Å². The van der Waals surface area contributed by atoms with E-state index >= 15 is 0 Å². The standard InChI is InChI=1S/C13H17ClN4O.C7H8FNS/c14-10-8-15-13(16-9-10)17-6-3-11(4-7-17)18-5-1-2-12(18)19;1-10-5-2-3-7(9)6(8)4-5/h8-9,11H,1-7H2;2-4H,9H2,1H3. The van der Waals surface area contributed by atoms with Crippen LogP contribution in [0.25, 0.3) is 0 Å². The molecule has 0 spiro atoms. The molecule has 0 saturated carbocycles. The number of likely N-dealkylation sites (tertiary alicyclic amines) is 1. The quantitative estimate of drug-likeness (QED) is 0.580. The number of benzene rings is 1. The average molecular weight is 438 g/mol. The van der Waals surface area contributed by atoms with Gasteiger partial charge in [-0.15, -0.1) is 11.8 Å². The zero-order valence-corrected chi connectivity index (χ0v) is 17.9. The minimum absolute atomic E-state index is 0.206. The first-order valence-electron chi connectivity index (χ1n) is 9.59. The Morgan fingerprint density at radius 2 is 1.90 bits per heavy atom. The van der Waals surface area contributed by atoms with Gasteiger partial charge in [0.2, 0.25) is 11.9 Å². The molecule has 2 aromatic rings. The van der Waals surface area contributed by atoms with Gasteiger partial charge in [-0.05, 0) is 43.7 Å². The molecule has 2 fully saturated rings. The molecule has 2 aliphatic heterocycles. The molecule has 1 amide bonds. The fourth-order valence-electron chi connectivity index (χ4n) is 3.54. The molecular formula is C20H25ClFN5OS. The molecule has 2 N–H and O–H groups in total. The molecule has 29 heavy (non-hydrogen) atoms. The lowest BCUT2D eigenvalue weighted by atomic mass is 10.0. The van der Waals surface area contributed by atoms with Crippen LogP contribution in [0.15, 0.2) is 35.5 Å². The summed E-state index contributed by atoms with van der Waals surface area (Å²) in [4.78, 5) is 25.3. The normalized spacial score (nSPS) is 17.3. The van der Waals surface area contributed by atoms with Gasteiger partial charge in [0.05, 0.1) is 23.1 Å². The number of anilines is 2. The van der Waals surface area contributed by atoms with Gasteiger partial charge in [0, 0.05) is 37.0 Å². The number of piperidine rings is 1. The number of amides is 1. The van der Waals surface area contributed by atoms with E-state index in [-0.39, 0.29) is 11.5 Å². The van der Waals surface area contributed by atoms with Crippen LogP contribution < -0.4 is 10.6 Å². The number of nitrogens with two attached hydrogens (primary N) is 1. The van der Waals surface area contributed by atoms with Crippen molar-refractivity contribution in [2.24, 2.45) is 0 Å². The first kappa shape index (κ1) is 21.6. The summed E-state index contributed by atoms with van der Waals surface area (Å²) in [6, 6.07) is 5.20. The Bertz CT molecular complexity index is 830. The SMILES string of the molecule is CSc1ccc(N)c(F)c1.O=C1CCCN1C1CCN(c2ncc(Cl)cn2)CC1. The largest absolute Gasteiger partial charge is 0.396 e. The van der Waals surface area contributed by atoms with Crippen LogP contribution >= 0.6 is 23.4 Å². The van der Waals surface area contributed by atoms with Gasteiger partial charge in [-0.3, -0.25) is 4.79 Å². The van der Waals surface area contributed by atoms with E-state index in [9.17, 15) is 9.18 Å². The van der Waals surface area contributed by atoms with Gasteiger partial charge in [-0.1, -0.05) is 11.6 Å². The Hall–Kier alpha value is -2.06. The highest BCUT2D eigenvalue weighted by Crippen LogP contribution is 2.24. The molecular weight excluding hydrogens is 413 g/mol. The molecule has 6 nitrogen and oxygen atoms in total. The summed E-state index contributed by atoms with van der Waals surface area (Å²) in [6.07, 6.45) is 8.88. The monoisotopic (exact) mass is 437 g/mol. The lowest BCUT2D eigenvalue weighted by molar-refractivity contribution is -0.130. The van der Waals surface area contributed by atoms with E-state index in [0.717, 1.165) is 56.2 Å². The molecule has 0 radical (unpaired) electrons. The second-order valence-electron chi connectivity index (χ2n) is 7.00. The highest BCUT2D eigenvalue weighted by molar-refractivity contribution is 7.98. The number of thioether (sulfide) groups is 1. The molecule has 1 aromatic carbocycles. The van der Waals surface area contributed by atoms with Crippen LogP contribution in [0.4, 0.5) is 16.0 Å². The molecule has 4 rings (SSSR count). The molecule has 0 unspecified atom stereocenters. The summed E-state index contributed by atoms with van der Waals surface area (Å²) in [5, 5.41) is 0.557. The highest BCUT2D eigenvalue weighted by Gasteiger charge is 2.31. The van der Waals surface area contributed by atoms with Crippen LogP contribution in [0.1, 0.15) is 25.7 Å². The molecule has 2 saturated heterocycles. The van der Waals surface area contributed by atoms with Gasteiger partial charge in [-0.2, -0.15) is 0 Å². The van der Waals surface area contributed by atoms with Crippen LogP contribution in [-0.4, -0.2) is 52.7 Å². The number of nitrogens with zero attached hydrogens (tertiary/aromatic N) is 4. The van der Waals surface area contributed by atoms with Crippen molar-refractivity contribution < 1.29 is 9.18 Å². The maximum atomic E-state index is 12.6. The summed E-state index contributed by atoms with van der Waals surface area (Å²) < 4.78 is 12.6. The van der Waals surface area contributed by atoms with Crippen LogP contribution in [0, 0.1) is 5.82 Å². The van der Waals surface area contributed by atoms with Gasteiger partial charge >= 0.3 is 0 Å². The third kappa shape index (κ3) is 5.73. The first-order chi connectivity index (χ1) is 14.0. The van der Waals surface area contributed by atoms with Gasteiger partial charge in [-0.25, -0.2) is 14.4 Å². The number of carbonyl (C=O) groups is 1. The number of hydrogen-bond acceptors (Lipinski definition) is 6. The molecule has 1 aromatic heterocycles. The topological polar surface area (TPSA) is 75.4 Å². The van der Waals surface area contributed by atoms with E-state index in [1.54, 1.807) is 24.5 Å². The Balaban J connectivity index is 0.000000204. The maximum absolute atomic E-state index is 12.6. The minimum atomic E-state index is -0.341. The van der Waals surface area contributed by atoms with Crippen molar-refractivity contribution in [1.82, 2.24) is 14.9 Å². The smallest absolute Gasteiger partial charge is 0.225 e. The minimum Gasteiger partial charge on any atom is -0.396 e. The Labute approximate surface area is 179 Å². The van der Waals surface area contributed by atoms with Crippen molar-refractivity contribution in [3.05, 3.63) is 41.4 Å². The van der Waals surface area contributed by atoms with Gasteiger partial charge < -0.3 is 15.5 Å². The van der Waals surface area contributed by atoms with Gasteiger partial charge in [0.1, 0.15) is 5.82 Å². The predicted molar refractivity (Wildman–Crippen MR) is 116 cm³/mol. The zero-order valence-electron chi connectivity index (χ0n) is 16.4. The van der Waals surface area contributed by atoms with E-state index < -0.39 is 0 Å². The fraction of sp³-hybridized carbons (Fsp3) is 0.450. The third-order valence-corrected chi connectivity index (χ3v) is 6.03. The van der Waals surface area contributed by atoms with Crippen molar-refractivity contribution in [3.63, 3.8) is 0 Å². The van der Waals surface area contributed by atoms with Crippen LogP contribution in [0.5, 0.6) is 0 Å². The zero-order chi connectivity index (χ0) is 20.8. The van der Waals surface area contributed by atoms with Crippen LogP contribution in [-0.2, 0) is 4.79 Å². The summed E-state index contributed by atoms with van der Waals surface area (Å²) in [6.45, 7) is 2.73. The van der Waals surface area contributed by atoms with Crippen molar-refractivity contribution in [2.75, 3.05) is 36.5 Å². The second kappa shape index (κ2) is 10.1. The number of aromatic nitrogens is 2. The molecule has 0 aliphatic carbocycles. The number of rotatable bonds is 3. The van der Waals surface area contributed by atoms with Crippen molar-refractivity contribution >= 4 is 40.9 Å². The van der Waals surface area contributed by atoms with Crippen molar-refractivity contribution in [3.8, 4) is 0 Å². The third-order valence-electron chi connectivity index (χ3n) is 5.11. The van der Waals surface area contributed by atoms with E-state index in [1.807, 2.05) is 6.26 Å². The molecule has 0 bridgehead atoms. The molecule has 0 atom stereocenters. The summed E-state index contributed by atoms with van der Waals surface area (Å²) in [7, 11) is 0. The molecule has 3 heterocycles. The number of nitrogen functional groups attached to an aromatic ring is 1.